The molecule has 2 aromatic carbocycles. The van der Waals surface area contributed by atoms with Gasteiger partial charge in [0.2, 0.25) is 11.9 Å². The fraction of sp³-hybridized carbons (Fsp3) is 0.286. The number of hydrogen-bond acceptors (Lipinski definition) is 7. The van der Waals surface area contributed by atoms with Gasteiger partial charge in [-0.1, -0.05) is 18.0 Å². The van der Waals surface area contributed by atoms with E-state index >= 15 is 0 Å². The average molecular weight is 426 g/mol. The highest BCUT2D eigenvalue weighted by Crippen LogP contribution is 2.40. The Morgan fingerprint density at radius 3 is 2.45 bits per heavy atom. The molecule has 1 aliphatic heterocycles. The Morgan fingerprint density at radius 1 is 1.00 bits per heavy atom. The third-order valence-corrected chi connectivity index (χ3v) is 7.11. The summed E-state index contributed by atoms with van der Waals surface area (Å²) in [5.74, 6) is 0.535. The minimum absolute atomic E-state index is 0.0358. The minimum atomic E-state index is -0.533. The standard InChI is InChI=1S/C21H20ClN5OS/c22-12-4-6-16-14(10-12)18(28)15-11-13(5-7-17(15)29-16)27-20(24)25-19(23)26-21(27)8-2-1-3-9-21/h4-7,10-11H,1-3,8-9H2,(H4,23,24,25,26). The molecule has 0 unspecified atom stereocenters. The van der Waals surface area contributed by atoms with Crippen molar-refractivity contribution in [2.75, 3.05) is 4.90 Å². The molecule has 0 saturated heterocycles. The average Bonchev–Trinajstić information content (AvgIpc) is 2.69. The summed E-state index contributed by atoms with van der Waals surface area (Å²) >= 11 is 7.70. The molecule has 2 aliphatic rings. The van der Waals surface area contributed by atoms with E-state index in [-0.39, 0.29) is 11.4 Å². The molecular formula is C21H20ClN5OS. The van der Waals surface area contributed by atoms with Crippen LogP contribution in [0.15, 0.2) is 51.2 Å². The first-order chi connectivity index (χ1) is 14.0. The highest BCUT2D eigenvalue weighted by Gasteiger charge is 2.42. The van der Waals surface area contributed by atoms with Crippen molar-refractivity contribution < 1.29 is 0 Å². The SMILES string of the molecule is NC1=NC2(CCCCC2)N(c2ccc3sc4ccc(Cl)cc4c(=O)c3c2)C(N)=N1. The van der Waals surface area contributed by atoms with Crippen LogP contribution >= 0.6 is 22.9 Å². The van der Waals surface area contributed by atoms with Gasteiger partial charge in [0.15, 0.2) is 5.43 Å². The van der Waals surface area contributed by atoms with Crippen molar-refractivity contribution in [3.63, 3.8) is 0 Å². The van der Waals surface area contributed by atoms with E-state index in [1.807, 2.05) is 29.2 Å². The second-order valence-electron chi connectivity index (χ2n) is 7.57. The highest BCUT2D eigenvalue weighted by molar-refractivity contribution is 7.24. The van der Waals surface area contributed by atoms with E-state index in [9.17, 15) is 4.79 Å². The van der Waals surface area contributed by atoms with Crippen LogP contribution in [-0.2, 0) is 0 Å². The van der Waals surface area contributed by atoms with Crippen LogP contribution in [0.3, 0.4) is 0 Å². The van der Waals surface area contributed by atoms with Gasteiger partial charge in [0.05, 0.1) is 0 Å². The summed E-state index contributed by atoms with van der Waals surface area (Å²) in [5, 5.41) is 1.82. The van der Waals surface area contributed by atoms with Crippen LogP contribution in [0.5, 0.6) is 0 Å². The predicted octanol–water partition coefficient (Wildman–Crippen LogP) is 4.18. The van der Waals surface area contributed by atoms with E-state index in [1.165, 1.54) is 6.42 Å². The molecule has 3 aromatic rings. The molecule has 0 radical (unpaired) electrons. The Hall–Kier alpha value is -2.64. The van der Waals surface area contributed by atoms with Gasteiger partial charge in [-0.2, -0.15) is 4.99 Å². The Morgan fingerprint density at radius 2 is 1.69 bits per heavy atom. The first-order valence-electron chi connectivity index (χ1n) is 9.63. The van der Waals surface area contributed by atoms with Crippen molar-refractivity contribution in [1.82, 2.24) is 0 Å². The van der Waals surface area contributed by atoms with E-state index in [0.29, 0.717) is 21.8 Å². The maximum Gasteiger partial charge on any atom is 0.220 e. The molecule has 2 heterocycles. The van der Waals surface area contributed by atoms with Crippen LogP contribution in [0.4, 0.5) is 5.69 Å². The van der Waals surface area contributed by atoms with E-state index < -0.39 is 5.66 Å². The van der Waals surface area contributed by atoms with Crippen molar-refractivity contribution in [3.05, 3.63) is 51.6 Å². The molecule has 0 bridgehead atoms. The topological polar surface area (TPSA) is 97.1 Å². The number of fused-ring (bicyclic) bond motifs is 2. The summed E-state index contributed by atoms with van der Waals surface area (Å²) in [7, 11) is 0. The van der Waals surface area contributed by atoms with Crippen LogP contribution in [0.1, 0.15) is 32.1 Å². The number of benzene rings is 2. The fourth-order valence-electron chi connectivity index (χ4n) is 4.45. The van der Waals surface area contributed by atoms with Crippen molar-refractivity contribution in [1.29, 1.82) is 0 Å². The third-order valence-electron chi connectivity index (χ3n) is 5.72. The number of nitrogens with two attached hydrogens (primary N) is 2. The Balaban J connectivity index is 1.71. The first kappa shape index (κ1) is 18.4. The maximum atomic E-state index is 13.2. The van der Waals surface area contributed by atoms with Crippen molar-refractivity contribution in [2.45, 2.75) is 37.8 Å². The zero-order chi connectivity index (χ0) is 20.2. The van der Waals surface area contributed by atoms with E-state index in [1.54, 1.807) is 23.5 Å². The van der Waals surface area contributed by atoms with Crippen LogP contribution in [-0.4, -0.2) is 17.6 Å². The summed E-state index contributed by atoms with van der Waals surface area (Å²) in [6.07, 6.45) is 4.96. The molecule has 0 atom stereocenters. The van der Waals surface area contributed by atoms with Gasteiger partial charge >= 0.3 is 0 Å². The zero-order valence-electron chi connectivity index (χ0n) is 15.7. The van der Waals surface area contributed by atoms with Gasteiger partial charge in [-0.25, -0.2) is 4.99 Å². The van der Waals surface area contributed by atoms with Gasteiger partial charge in [0.1, 0.15) is 5.66 Å². The number of hydrogen-bond donors (Lipinski definition) is 2. The van der Waals surface area contributed by atoms with Gasteiger partial charge in [0.25, 0.3) is 0 Å². The van der Waals surface area contributed by atoms with Gasteiger partial charge in [-0.15, -0.1) is 11.3 Å². The molecule has 5 rings (SSSR count). The molecule has 1 spiro atoms. The van der Waals surface area contributed by atoms with Crippen molar-refractivity contribution in [3.8, 4) is 0 Å². The number of rotatable bonds is 1. The molecule has 4 N–H and O–H groups in total. The Bertz CT molecular complexity index is 1260. The van der Waals surface area contributed by atoms with E-state index in [2.05, 4.69) is 4.99 Å². The molecule has 6 nitrogen and oxygen atoms in total. The second kappa shape index (κ2) is 6.71. The van der Waals surface area contributed by atoms with Gasteiger partial charge < -0.3 is 11.5 Å². The molecule has 148 valence electrons. The number of nitrogens with zero attached hydrogens (tertiary/aromatic N) is 3. The molecule has 0 amide bonds. The summed E-state index contributed by atoms with van der Waals surface area (Å²) in [5.41, 5.74) is 12.5. The zero-order valence-corrected chi connectivity index (χ0v) is 17.3. The van der Waals surface area contributed by atoms with Crippen LogP contribution in [0.2, 0.25) is 5.02 Å². The third kappa shape index (κ3) is 2.96. The van der Waals surface area contributed by atoms with Gasteiger partial charge in [-0.3, -0.25) is 9.69 Å². The van der Waals surface area contributed by atoms with Crippen LogP contribution < -0.4 is 21.8 Å². The Kier molecular flexibility index (Phi) is 4.26. The molecule has 1 saturated carbocycles. The summed E-state index contributed by atoms with van der Waals surface area (Å²) in [4.78, 5) is 24.1. The lowest BCUT2D eigenvalue weighted by molar-refractivity contribution is 0.305. The maximum absolute atomic E-state index is 13.2. The normalized spacial score (nSPS) is 18.9. The molecule has 1 aliphatic carbocycles. The van der Waals surface area contributed by atoms with E-state index in [4.69, 9.17) is 28.1 Å². The van der Waals surface area contributed by atoms with E-state index in [0.717, 1.165) is 40.8 Å². The quantitative estimate of drug-likeness (QED) is 0.571. The number of guanidine groups is 2. The van der Waals surface area contributed by atoms with Crippen molar-refractivity contribution in [2.24, 2.45) is 21.5 Å². The summed E-state index contributed by atoms with van der Waals surface area (Å²) in [6.45, 7) is 0. The number of halogens is 1. The van der Waals surface area contributed by atoms with Crippen LogP contribution in [0.25, 0.3) is 20.2 Å². The lowest BCUT2D eigenvalue weighted by atomic mass is 9.87. The lowest BCUT2D eigenvalue weighted by Gasteiger charge is -2.45. The number of anilines is 1. The van der Waals surface area contributed by atoms with Crippen molar-refractivity contribution >= 4 is 60.7 Å². The molecular weight excluding hydrogens is 406 g/mol. The molecule has 1 fully saturated rings. The lowest BCUT2D eigenvalue weighted by Crippen LogP contribution is -2.58. The van der Waals surface area contributed by atoms with Crippen LogP contribution in [0, 0.1) is 0 Å². The Labute approximate surface area is 176 Å². The first-order valence-corrected chi connectivity index (χ1v) is 10.8. The summed E-state index contributed by atoms with van der Waals surface area (Å²) in [6, 6.07) is 11.3. The molecule has 29 heavy (non-hydrogen) atoms. The van der Waals surface area contributed by atoms with Gasteiger partial charge in [-0.05, 0) is 62.1 Å². The molecule has 8 heteroatoms. The monoisotopic (exact) mass is 425 g/mol. The highest BCUT2D eigenvalue weighted by atomic mass is 35.5. The smallest absolute Gasteiger partial charge is 0.220 e. The second-order valence-corrected chi connectivity index (χ2v) is 9.09. The molecule has 1 aromatic heterocycles. The largest absolute Gasteiger partial charge is 0.369 e. The summed E-state index contributed by atoms with van der Waals surface area (Å²) < 4.78 is 1.83. The van der Waals surface area contributed by atoms with Gasteiger partial charge in [0, 0.05) is 30.9 Å². The fourth-order valence-corrected chi connectivity index (χ4v) is 5.65. The predicted molar refractivity (Wildman–Crippen MR) is 122 cm³/mol. The minimum Gasteiger partial charge on any atom is -0.369 e. The number of aliphatic imine (C=N–C) groups is 2.